The summed E-state index contributed by atoms with van der Waals surface area (Å²) in [7, 11) is 0. The number of benzene rings is 1. The number of nitrogens with one attached hydrogen (secondary N) is 1. The number of hydrogen-bond donors (Lipinski definition) is 1. The predicted octanol–water partition coefficient (Wildman–Crippen LogP) is 3.11. The van der Waals surface area contributed by atoms with Crippen molar-refractivity contribution in [1.29, 1.82) is 0 Å². The fraction of sp³-hybridized carbons (Fsp3) is 0.462. The fourth-order valence-corrected chi connectivity index (χ4v) is 4.99. The van der Waals surface area contributed by atoms with E-state index in [1.165, 1.54) is 12.1 Å². The number of amides is 2. The summed E-state index contributed by atoms with van der Waals surface area (Å²) in [4.78, 5) is 32.0. The highest BCUT2D eigenvalue weighted by molar-refractivity contribution is 5.93. The lowest BCUT2D eigenvalue weighted by Gasteiger charge is -2.31. The van der Waals surface area contributed by atoms with Gasteiger partial charge in [-0.25, -0.2) is 9.37 Å². The van der Waals surface area contributed by atoms with Crippen molar-refractivity contribution in [2.45, 2.75) is 52.4 Å². The first-order chi connectivity index (χ1) is 17.4. The van der Waals surface area contributed by atoms with E-state index in [9.17, 15) is 14.0 Å². The van der Waals surface area contributed by atoms with Crippen LogP contribution in [0.3, 0.4) is 0 Å². The Morgan fingerprint density at radius 2 is 1.92 bits per heavy atom. The first-order valence-electron chi connectivity index (χ1n) is 12.3. The number of fused-ring (bicyclic) bond motifs is 1. The summed E-state index contributed by atoms with van der Waals surface area (Å²) in [5.41, 5.74) is 3.92. The summed E-state index contributed by atoms with van der Waals surface area (Å²) in [5.74, 6) is 0.267. The normalized spacial score (nSPS) is 18.2. The Bertz CT molecular complexity index is 1220. The molecule has 2 amide bonds. The zero-order chi connectivity index (χ0) is 25.2. The molecule has 36 heavy (non-hydrogen) atoms. The van der Waals surface area contributed by atoms with E-state index >= 15 is 0 Å². The molecule has 0 bridgehead atoms. The number of piperidine rings is 1. The van der Waals surface area contributed by atoms with Crippen LogP contribution in [0.25, 0.3) is 0 Å². The van der Waals surface area contributed by atoms with E-state index in [0.29, 0.717) is 51.1 Å². The molecule has 10 heteroatoms. The Morgan fingerprint density at radius 1 is 1.17 bits per heavy atom. The Balaban J connectivity index is 1.13. The highest BCUT2D eigenvalue weighted by atomic mass is 19.1. The summed E-state index contributed by atoms with van der Waals surface area (Å²) in [6.45, 7) is 6.08. The number of aromatic nitrogens is 3. The molecular weight excluding hydrogens is 465 g/mol. The molecule has 1 atom stereocenters. The van der Waals surface area contributed by atoms with E-state index in [2.05, 4.69) is 15.5 Å². The van der Waals surface area contributed by atoms with Crippen LogP contribution < -0.4 is 5.32 Å². The number of nitrogens with zero attached hydrogens (tertiary/aromatic N) is 4. The van der Waals surface area contributed by atoms with Gasteiger partial charge in [-0.1, -0.05) is 17.3 Å². The number of likely N-dealkylation sites (tertiary alicyclic amines) is 1. The van der Waals surface area contributed by atoms with Gasteiger partial charge in [-0.3, -0.25) is 9.59 Å². The van der Waals surface area contributed by atoms with Gasteiger partial charge in [-0.15, -0.1) is 0 Å². The average molecular weight is 496 g/mol. The first kappa shape index (κ1) is 24.2. The highest BCUT2D eigenvalue weighted by Gasteiger charge is 2.32. The molecule has 5 rings (SSSR count). The van der Waals surface area contributed by atoms with Gasteiger partial charge in [-0.2, -0.15) is 0 Å². The molecule has 2 aliphatic heterocycles. The van der Waals surface area contributed by atoms with Crippen molar-refractivity contribution in [2.24, 2.45) is 5.92 Å². The lowest BCUT2D eigenvalue weighted by atomic mass is 9.95. The number of carbonyl (C=O) groups excluding carboxylic acids is 2. The molecule has 3 aromatic rings. The van der Waals surface area contributed by atoms with Crippen molar-refractivity contribution in [2.75, 3.05) is 19.6 Å². The Kier molecular flexibility index (Phi) is 6.86. The molecule has 1 saturated heterocycles. The van der Waals surface area contributed by atoms with Crippen LogP contribution in [0, 0.1) is 25.6 Å². The zero-order valence-corrected chi connectivity index (χ0v) is 20.5. The van der Waals surface area contributed by atoms with Crippen molar-refractivity contribution in [3.63, 3.8) is 0 Å². The van der Waals surface area contributed by atoms with E-state index in [0.717, 1.165) is 28.3 Å². The van der Waals surface area contributed by atoms with E-state index in [1.807, 2.05) is 18.4 Å². The lowest BCUT2D eigenvalue weighted by molar-refractivity contribution is -0.126. The Morgan fingerprint density at radius 3 is 2.61 bits per heavy atom. The van der Waals surface area contributed by atoms with Crippen LogP contribution in [-0.2, 0) is 29.1 Å². The van der Waals surface area contributed by atoms with Crippen molar-refractivity contribution >= 4 is 11.8 Å². The number of halogens is 1. The second kappa shape index (κ2) is 10.2. The standard InChI is InChI=1S/C26H30FN5O4/c1-16-21(17(2)36-30-16)7-10-28-25(33)19-8-11-31(12-9-19)26(34)24-22-14-35-23(13-32(22)15-29-24)18-3-5-20(27)6-4-18/h3-6,15,19,23H,7-14H2,1-2H3,(H,28,33)/t23-/m1/s1. The van der Waals surface area contributed by atoms with Crippen molar-refractivity contribution in [3.8, 4) is 0 Å². The van der Waals surface area contributed by atoms with Gasteiger partial charge in [-0.05, 0) is 50.8 Å². The third-order valence-electron chi connectivity index (χ3n) is 7.18. The minimum Gasteiger partial charge on any atom is -0.365 e. The maximum atomic E-state index is 13.2. The van der Waals surface area contributed by atoms with Gasteiger partial charge in [0.1, 0.15) is 17.7 Å². The van der Waals surface area contributed by atoms with Gasteiger partial charge in [0.25, 0.3) is 5.91 Å². The minimum atomic E-state index is -0.288. The summed E-state index contributed by atoms with van der Waals surface area (Å²) in [6, 6.07) is 6.26. The van der Waals surface area contributed by atoms with Gasteiger partial charge in [0.05, 0.1) is 30.9 Å². The monoisotopic (exact) mass is 495 g/mol. The quantitative estimate of drug-likeness (QED) is 0.564. The molecule has 1 N–H and O–H groups in total. The second-order valence-corrected chi connectivity index (χ2v) is 9.45. The largest absolute Gasteiger partial charge is 0.365 e. The van der Waals surface area contributed by atoms with Crippen molar-refractivity contribution < 1.29 is 23.2 Å². The van der Waals surface area contributed by atoms with Crippen LogP contribution in [0.2, 0.25) is 0 Å². The summed E-state index contributed by atoms with van der Waals surface area (Å²) in [5, 5.41) is 6.96. The lowest BCUT2D eigenvalue weighted by Crippen LogP contribution is -2.43. The van der Waals surface area contributed by atoms with Crippen molar-refractivity contribution in [3.05, 3.63) is 70.4 Å². The smallest absolute Gasteiger partial charge is 0.274 e. The van der Waals surface area contributed by atoms with Crippen LogP contribution in [-0.4, -0.2) is 51.1 Å². The third-order valence-corrected chi connectivity index (χ3v) is 7.18. The average Bonchev–Trinajstić information content (AvgIpc) is 3.46. The molecule has 0 spiro atoms. The Labute approximate surface area is 208 Å². The maximum Gasteiger partial charge on any atom is 0.274 e. The summed E-state index contributed by atoms with van der Waals surface area (Å²) >= 11 is 0. The topological polar surface area (TPSA) is 102 Å². The number of rotatable bonds is 6. The van der Waals surface area contributed by atoms with E-state index in [1.54, 1.807) is 23.4 Å². The summed E-state index contributed by atoms with van der Waals surface area (Å²) < 4.78 is 26.3. The SMILES string of the molecule is Cc1noc(C)c1CCNC(=O)C1CCN(C(=O)c2ncn3c2CO[C@@H](c2ccc(F)cc2)C3)CC1. The number of hydrogen-bond acceptors (Lipinski definition) is 6. The number of imidazole rings is 1. The molecule has 1 fully saturated rings. The molecule has 190 valence electrons. The van der Waals surface area contributed by atoms with E-state index in [-0.39, 0.29) is 36.3 Å². The van der Waals surface area contributed by atoms with Gasteiger partial charge >= 0.3 is 0 Å². The molecule has 1 aromatic carbocycles. The van der Waals surface area contributed by atoms with Crippen LogP contribution in [0.15, 0.2) is 35.1 Å². The van der Waals surface area contributed by atoms with Crippen LogP contribution >= 0.6 is 0 Å². The molecule has 0 unspecified atom stereocenters. The molecule has 0 saturated carbocycles. The molecule has 0 aliphatic carbocycles. The molecule has 0 radical (unpaired) electrons. The van der Waals surface area contributed by atoms with Gasteiger partial charge < -0.3 is 24.0 Å². The second-order valence-electron chi connectivity index (χ2n) is 9.45. The Hall–Kier alpha value is -3.53. The molecule has 9 nitrogen and oxygen atoms in total. The number of carbonyl (C=O) groups is 2. The van der Waals surface area contributed by atoms with Crippen LogP contribution in [0.1, 0.15) is 57.7 Å². The number of aryl methyl sites for hydroxylation is 2. The minimum absolute atomic E-state index is 0.0217. The first-order valence-corrected chi connectivity index (χ1v) is 12.3. The van der Waals surface area contributed by atoms with E-state index < -0.39 is 0 Å². The van der Waals surface area contributed by atoms with Crippen LogP contribution in [0.5, 0.6) is 0 Å². The molecular formula is C26H30FN5O4. The van der Waals surface area contributed by atoms with Crippen molar-refractivity contribution in [1.82, 2.24) is 24.9 Å². The zero-order valence-electron chi connectivity index (χ0n) is 20.5. The van der Waals surface area contributed by atoms with Gasteiger partial charge in [0.2, 0.25) is 5.91 Å². The maximum absolute atomic E-state index is 13.2. The fourth-order valence-electron chi connectivity index (χ4n) is 4.99. The van der Waals surface area contributed by atoms with Gasteiger partial charge in [0.15, 0.2) is 5.69 Å². The van der Waals surface area contributed by atoms with E-state index in [4.69, 9.17) is 9.26 Å². The van der Waals surface area contributed by atoms with Gasteiger partial charge in [0, 0.05) is 31.1 Å². The molecule has 2 aromatic heterocycles. The highest BCUT2D eigenvalue weighted by Crippen LogP contribution is 2.29. The predicted molar refractivity (Wildman–Crippen MR) is 127 cm³/mol. The summed E-state index contributed by atoms with van der Waals surface area (Å²) in [6.07, 6.45) is 3.35. The van der Waals surface area contributed by atoms with Crippen LogP contribution in [0.4, 0.5) is 4.39 Å². The molecule has 2 aliphatic rings. The molecule has 4 heterocycles. The number of ether oxygens (including phenoxy) is 1. The third kappa shape index (κ3) is 4.90.